The van der Waals surface area contributed by atoms with Gasteiger partial charge in [0, 0.05) is 13.0 Å². The number of para-hydroxylation sites is 2. The molecule has 1 aliphatic rings. The molecule has 0 aromatic heterocycles. The first-order valence-corrected chi connectivity index (χ1v) is 9.94. The number of anilines is 2. The van der Waals surface area contributed by atoms with Gasteiger partial charge in [0.25, 0.3) is 0 Å². The molecular weight excluding hydrogens is 360 g/mol. The highest BCUT2D eigenvalue weighted by Crippen LogP contribution is 2.36. The SMILES string of the molecule is CC(=O)N(c1ccccc1NC(=O)C(c1ccccc1)c1ccccc1)C1CC1. The minimum atomic E-state index is -0.433. The molecule has 3 aromatic rings. The average molecular weight is 384 g/mol. The van der Waals surface area contributed by atoms with E-state index in [1.54, 1.807) is 11.8 Å². The minimum Gasteiger partial charge on any atom is -0.323 e. The maximum Gasteiger partial charge on any atom is 0.236 e. The molecule has 1 N–H and O–H groups in total. The van der Waals surface area contributed by atoms with Crippen molar-refractivity contribution in [3.63, 3.8) is 0 Å². The monoisotopic (exact) mass is 384 g/mol. The lowest BCUT2D eigenvalue weighted by Crippen LogP contribution is -2.32. The van der Waals surface area contributed by atoms with E-state index in [0.29, 0.717) is 5.69 Å². The topological polar surface area (TPSA) is 49.4 Å². The maximum absolute atomic E-state index is 13.4. The van der Waals surface area contributed by atoms with E-state index in [9.17, 15) is 9.59 Å². The van der Waals surface area contributed by atoms with Crippen LogP contribution in [0.4, 0.5) is 11.4 Å². The van der Waals surface area contributed by atoms with Gasteiger partial charge in [0.15, 0.2) is 0 Å². The minimum absolute atomic E-state index is 0.00290. The molecule has 0 radical (unpaired) electrons. The Kier molecular flexibility index (Phi) is 5.43. The summed E-state index contributed by atoms with van der Waals surface area (Å²) in [5.74, 6) is -0.553. The molecule has 0 bridgehead atoms. The number of carbonyl (C=O) groups is 2. The van der Waals surface area contributed by atoms with Gasteiger partial charge in [0.05, 0.1) is 17.3 Å². The van der Waals surface area contributed by atoms with Crippen LogP contribution in [0.15, 0.2) is 84.9 Å². The molecule has 2 amide bonds. The first-order chi connectivity index (χ1) is 14.1. The van der Waals surface area contributed by atoms with Crippen molar-refractivity contribution in [2.45, 2.75) is 31.7 Å². The Labute approximate surface area is 171 Å². The molecule has 0 unspecified atom stereocenters. The van der Waals surface area contributed by atoms with E-state index >= 15 is 0 Å². The average Bonchev–Trinajstić information content (AvgIpc) is 3.56. The van der Waals surface area contributed by atoms with Crippen LogP contribution in [-0.2, 0) is 9.59 Å². The highest BCUT2D eigenvalue weighted by molar-refractivity contribution is 6.03. The molecule has 146 valence electrons. The van der Waals surface area contributed by atoms with E-state index in [1.165, 1.54) is 0 Å². The van der Waals surface area contributed by atoms with E-state index in [4.69, 9.17) is 0 Å². The molecule has 3 aromatic carbocycles. The Morgan fingerprint density at radius 2 is 1.34 bits per heavy atom. The van der Waals surface area contributed by atoms with Gasteiger partial charge in [0.2, 0.25) is 11.8 Å². The molecule has 4 heteroatoms. The molecule has 0 atom stereocenters. The van der Waals surface area contributed by atoms with Crippen molar-refractivity contribution in [3.8, 4) is 0 Å². The summed E-state index contributed by atoms with van der Waals surface area (Å²) in [5, 5.41) is 3.09. The summed E-state index contributed by atoms with van der Waals surface area (Å²) >= 11 is 0. The van der Waals surface area contributed by atoms with E-state index < -0.39 is 5.92 Å². The summed E-state index contributed by atoms with van der Waals surface area (Å²) in [6.45, 7) is 1.58. The van der Waals surface area contributed by atoms with Crippen LogP contribution < -0.4 is 10.2 Å². The van der Waals surface area contributed by atoms with E-state index in [-0.39, 0.29) is 17.9 Å². The van der Waals surface area contributed by atoms with Gasteiger partial charge < -0.3 is 10.2 Å². The highest BCUT2D eigenvalue weighted by atomic mass is 16.2. The number of hydrogen-bond acceptors (Lipinski definition) is 2. The van der Waals surface area contributed by atoms with Crippen molar-refractivity contribution >= 4 is 23.2 Å². The number of carbonyl (C=O) groups excluding carboxylic acids is 2. The van der Waals surface area contributed by atoms with Crippen LogP contribution in [0.5, 0.6) is 0 Å². The molecule has 0 aliphatic heterocycles. The third-order valence-electron chi connectivity index (χ3n) is 5.20. The summed E-state index contributed by atoms with van der Waals surface area (Å²) in [6.07, 6.45) is 2.00. The van der Waals surface area contributed by atoms with Crippen molar-refractivity contribution in [3.05, 3.63) is 96.1 Å². The van der Waals surface area contributed by atoms with Crippen molar-refractivity contribution in [1.29, 1.82) is 0 Å². The van der Waals surface area contributed by atoms with Crippen molar-refractivity contribution < 1.29 is 9.59 Å². The molecule has 1 fully saturated rings. The fourth-order valence-corrected chi connectivity index (χ4v) is 3.74. The van der Waals surface area contributed by atoms with Gasteiger partial charge in [-0.2, -0.15) is 0 Å². The lowest BCUT2D eigenvalue weighted by atomic mass is 9.90. The fourth-order valence-electron chi connectivity index (χ4n) is 3.74. The molecular formula is C25H24N2O2. The van der Waals surface area contributed by atoms with Gasteiger partial charge in [0.1, 0.15) is 0 Å². The zero-order valence-corrected chi connectivity index (χ0v) is 16.4. The highest BCUT2D eigenvalue weighted by Gasteiger charge is 2.33. The summed E-state index contributed by atoms with van der Waals surface area (Å²) < 4.78 is 0. The summed E-state index contributed by atoms with van der Waals surface area (Å²) in [5.41, 5.74) is 3.28. The van der Waals surface area contributed by atoms with Gasteiger partial charge in [-0.1, -0.05) is 72.8 Å². The Morgan fingerprint density at radius 3 is 1.86 bits per heavy atom. The Balaban J connectivity index is 1.68. The summed E-state index contributed by atoms with van der Waals surface area (Å²) in [7, 11) is 0. The quantitative estimate of drug-likeness (QED) is 0.652. The standard InChI is InChI=1S/C25H24N2O2/c1-18(28)27(21-16-17-21)23-15-9-8-14-22(23)26-25(29)24(19-10-4-2-5-11-19)20-12-6-3-7-13-20/h2-15,21,24H,16-17H2,1H3,(H,26,29). The van der Waals surface area contributed by atoms with Crippen LogP contribution >= 0.6 is 0 Å². The third-order valence-corrected chi connectivity index (χ3v) is 5.20. The molecule has 0 spiro atoms. The van der Waals surface area contributed by atoms with E-state index in [0.717, 1.165) is 29.7 Å². The van der Waals surface area contributed by atoms with Gasteiger partial charge in [-0.25, -0.2) is 0 Å². The zero-order valence-electron chi connectivity index (χ0n) is 16.4. The Morgan fingerprint density at radius 1 is 0.828 bits per heavy atom. The van der Waals surface area contributed by atoms with Crippen molar-refractivity contribution in [2.75, 3.05) is 10.2 Å². The predicted molar refractivity (Wildman–Crippen MR) is 116 cm³/mol. The maximum atomic E-state index is 13.4. The second kappa shape index (κ2) is 8.31. The van der Waals surface area contributed by atoms with Crippen LogP contribution in [0, 0.1) is 0 Å². The van der Waals surface area contributed by atoms with Crippen LogP contribution in [0.25, 0.3) is 0 Å². The summed E-state index contributed by atoms with van der Waals surface area (Å²) in [4.78, 5) is 27.5. The van der Waals surface area contributed by atoms with Crippen LogP contribution in [-0.4, -0.2) is 17.9 Å². The summed E-state index contributed by atoms with van der Waals surface area (Å²) in [6, 6.07) is 27.3. The first kappa shape index (κ1) is 18.9. The number of rotatable bonds is 6. The van der Waals surface area contributed by atoms with Gasteiger partial charge in [-0.15, -0.1) is 0 Å². The van der Waals surface area contributed by atoms with Crippen LogP contribution in [0.3, 0.4) is 0 Å². The largest absolute Gasteiger partial charge is 0.323 e. The second-order valence-corrected chi connectivity index (χ2v) is 7.38. The van der Waals surface area contributed by atoms with Gasteiger partial charge >= 0.3 is 0 Å². The zero-order chi connectivity index (χ0) is 20.2. The second-order valence-electron chi connectivity index (χ2n) is 7.38. The normalized spacial score (nSPS) is 13.2. The predicted octanol–water partition coefficient (Wildman–Crippen LogP) is 4.97. The van der Waals surface area contributed by atoms with Gasteiger partial charge in [-0.05, 0) is 36.1 Å². The lowest BCUT2D eigenvalue weighted by molar-refractivity contribution is -0.117. The number of nitrogens with zero attached hydrogens (tertiary/aromatic N) is 1. The van der Waals surface area contributed by atoms with Crippen LogP contribution in [0.2, 0.25) is 0 Å². The molecule has 0 heterocycles. The number of benzene rings is 3. The molecule has 29 heavy (non-hydrogen) atoms. The third kappa shape index (κ3) is 4.21. The molecule has 4 rings (SSSR count). The number of nitrogens with one attached hydrogen (secondary N) is 1. The molecule has 1 saturated carbocycles. The smallest absolute Gasteiger partial charge is 0.236 e. The Bertz CT molecular complexity index is 958. The van der Waals surface area contributed by atoms with Crippen molar-refractivity contribution in [2.24, 2.45) is 0 Å². The number of hydrogen-bond donors (Lipinski definition) is 1. The first-order valence-electron chi connectivity index (χ1n) is 9.94. The van der Waals surface area contributed by atoms with E-state index in [2.05, 4.69) is 5.32 Å². The molecule has 0 saturated heterocycles. The molecule has 1 aliphatic carbocycles. The Hall–Kier alpha value is -3.40. The fraction of sp³-hybridized carbons (Fsp3) is 0.200. The van der Waals surface area contributed by atoms with Crippen LogP contribution in [0.1, 0.15) is 36.8 Å². The van der Waals surface area contributed by atoms with Gasteiger partial charge in [-0.3, -0.25) is 9.59 Å². The van der Waals surface area contributed by atoms with E-state index in [1.807, 2.05) is 84.9 Å². The lowest BCUT2D eigenvalue weighted by Gasteiger charge is -2.25. The van der Waals surface area contributed by atoms with Crippen molar-refractivity contribution in [1.82, 2.24) is 0 Å². The molecule has 4 nitrogen and oxygen atoms in total. The number of amides is 2.